The molecular weight excluding hydrogens is 371 g/mol. The molecule has 0 bridgehead atoms. The maximum atomic E-state index is 13.2. The van der Waals surface area contributed by atoms with Crippen molar-refractivity contribution < 1.29 is 9.18 Å². The van der Waals surface area contributed by atoms with Crippen LogP contribution in [0.15, 0.2) is 28.6 Å². The van der Waals surface area contributed by atoms with Crippen LogP contribution in [-0.4, -0.2) is 27.4 Å². The molecular formula is C18H23FN4OS2. The molecule has 0 radical (unpaired) electrons. The number of hydrogen-bond donors (Lipinski definition) is 2. The highest BCUT2D eigenvalue weighted by molar-refractivity contribution is 8.02. The normalized spacial score (nSPS) is 21.2. The Balaban J connectivity index is 1.53. The molecule has 1 saturated carbocycles. The summed E-state index contributed by atoms with van der Waals surface area (Å²) in [5, 5.41) is 14.7. The number of nitrogens with one attached hydrogen (secondary N) is 2. The molecule has 2 aromatic rings. The minimum Gasteiger partial charge on any atom is -0.352 e. The van der Waals surface area contributed by atoms with Gasteiger partial charge in [-0.1, -0.05) is 48.9 Å². The fraction of sp³-hybridized carbons (Fsp3) is 0.500. The van der Waals surface area contributed by atoms with Crippen LogP contribution in [0.5, 0.6) is 0 Å². The average Bonchev–Trinajstić information content (AvgIpc) is 3.03. The fourth-order valence-corrected chi connectivity index (χ4v) is 4.96. The Bertz CT molecular complexity index is 754. The molecule has 0 aliphatic heterocycles. The third kappa shape index (κ3) is 5.17. The zero-order valence-corrected chi connectivity index (χ0v) is 16.5. The maximum absolute atomic E-state index is 13.2. The van der Waals surface area contributed by atoms with Crippen LogP contribution in [0.25, 0.3) is 0 Å². The largest absolute Gasteiger partial charge is 0.352 e. The second-order valence-electron chi connectivity index (χ2n) is 6.65. The van der Waals surface area contributed by atoms with E-state index in [9.17, 15) is 9.18 Å². The Kier molecular flexibility index (Phi) is 6.48. The molecule has 1 fully saturated rings. The lowest BCUT2D eigenvalue weighted by molar-refractivity contribution is -0.121. The molecule has 3 rings (SSSR count). The number of rotatable bonds is 6. The topological polar surface area (TPSA) is 66.9 Å². The van der Waals surface area contributed by atoms with E-state index in [0.29, 0.717) is 21.1 Å². The SMILES string of the molecule is C[C@@H](Sc1nnc(Nc2cccc(F)c2)s1)C(=O)N[C@@H]1CCCC[C@@H]1C. The van der Waals surface area contributed by atoms with Crippen molar-refractivity contribution in [2.75, 3.05) is 5.32 Å². The second kappa shape index (κ2) is 8.81. The van der Waals surface area contributed by atoms with E-state index in [1.165, 1.54) is 54.5 Å². The minimum absolute atomic E-state index is 0.0450. The smallest absolute Gasteiger partial charge is 0.233 e. The van der Waals surface area contributed by atoms with E-state index in [-0.39, 0.29) is 23.0 Å². The Hall–Kier alpha value is -1.67. The van der Waals surface area contributed by atoms with E-state index < -0.39 is 0 Å². The number of carbonyl (C=O) groups is 1. The Morgan fingerprint density at radius 2 is 2.15 bits per heavy atom. The molecule has 26 heavy (non-hydrogen) atoms. The summed E-state index contributed by atoms with van der Waals surface area (Å²) < 4.78 is 13.9. The zero-order chi connectivity index (χ0) is 18.5. The van der Waals surface area contributed by atoms with Gasteiger partial charge >= 0.3 is 0 Å². The van der Waals surface area contributed by atoms with Crippen molar-refractivity contribution in [2.45, 2.75) is 55.2 Å². The molecule has 1 amide bonds. The van der Waals surface area contributed by atoms with Gasteiger partial charge in [-0.25, -0.2) is 4.39 Å². The standard InChI is InChI=1S/C18H23FN4OS2/c1-11-6-3-4-9-15(11)21-16(24)12(2)25-18-23-22-17(26-18)20-14-8-5-7-13(19)10-14/h5,7-8,10-12,15H,3-4,6,9H2,1-2H3,(H,20,22)(H,21,24)/t11-,12+,15+/m0/s1. The summed E-state index contributed by atoms with van der Waals surface area (Å²) in [4.78, 5) is 12.5. The molecule has 1 aliphatic rings. The van der Waals surface area contributed by atoms with Crippen molar-refractivity contribution in [2.24, 2.45) is 5.92 Å². The summed E-state index contributed by atoms with van der Waals surface area (Å²) in [5.41, 5.74) is 0.620. The van der Waals surface area contributed by atoms with Gasteiger partial charge in [-0.3, -0.25) is 4.79 Å². The van der Waals surface area contributed by atoms with Gasteiger partial charge in [-0.2, -0.15) is 0 Å². The fourth-order valence-electron chi connectivity index (χ4n) is 3.03. The van der Waals surface area contributed by atoms with E-state index in [2.05, 4.69) is 27.8 Å². The first-order valence-electron chi connectivity index (χ1n) is 8.84. The molecule has 3 atom stereocenters. The van der Waals surface area contributed by atoms with Crippen molar-refractivity contribution in [1.82, 2.24) is 15.5 Å². The van der Waals surface area contributed by atoms with Crippen LogP contribution < -0.4 is 10.6 Å². The number of benzene rings is 1. The molecule has 140 valence electrons. The molecule has 1 aliphatic carbocycles. The number of aromatic nitrogens is 2. The molecule has 1 heterocycles. The summed E-state index contributed by atoms with van der Waals surface area (Å²) in [6.07, 6.45) is 4.68. The van der Waals surface area contributed by atoms with Crippen LogP contribution >= 0.6 is 23.1 Å². The van der Waals surface area contributed by atoms with Crippen LogP contribution in [0, 0.1) is 11.7 Å². The maximum Gasteiger partial charge on any atom is 0.233 e. The number of amides is 1. The van der Waals surface area contributed by atoms with Crippen molar-refractivity contribution >= 4 is 39.8 Å². The number of nitrogens with zero attached hydrogens (tertiary/aromatic N) is 2. The molecule has 1 aromatic heterocycles. The zero-order valence-electron chi connectivity index (χ0n) is 14.9. The van der Waals surface area contributed by atoms with E-state index >= 15 is 0 Å². The second-order valence-corrected chi connectivity index (χ2v) is 9.21. The van der Waals surface area contributed by atoms with Crippen molar-refractivity contribution in [3.63, 3.8) is 0 Å². The Morgan fingerprint density at radius 1 is 1.35 bits per heavy atom. The number of anilines is 2. The highest BCUT2D eigenvalue weighted by atomic mass is 32.2. The summed E-state index contributed by atoms with van der Waals surface area (Å²) in [5.74, 6) is 0.272. The molecule has 0 saturated heterocycles. The van der Waals surface area contributed by atoms with Gasteiger partial charge in [-0.05, 0) is 43.9 Å². The van der Waals surface area contributed by atoms with Gasteiger partial charge in [0.15, 0.2) is 4.34 Å². The third-order valence-electron chi connectivity index (χ3n) is 4.57. The summed E-state index contributed by atoms with van der Waals surface area (Å²) in [6.45, 7) is 4.09. The molecule has 8 heteroatoms. The number of thioether (sulfide) groups is 1. The van der Waals surface area contributed by atoms with Crippen LogP contribution in [0.1, 0.15) is 39.5 Å². The monoisotopic (exact) mass is 394 g/mol. The van der Waals surface area contributed by atoms with Gasteiger partial charge in [0.25, 0.3) is 0 Å². The van der Waals surface area contributed by atoms with Gasteiger partial charge in [0, 0.05) is 11.7 Å². The highest BCUT2D eigenvalue weighted by Crippen LogP contribution is 2.31. The summed E-state index contributed by atoms with van der Waals surface area (Å²) in [7, 11) is 0. The minimum atomic E-state index is -0.309. The van der Waals surface area contributed by atoms with E-state index in [0.717, 1.165) is 6.42 Å². The van der Waals surface area contributed by atoms with E-state index in [1.807, 2.05) is 6.92 Å². The Morgan fingerprint density at radius 3 is 2.92 bits per heavy atom. The van der Waals surface area contributed by atoms with Crippen LogP contribution in [0.3, 0.4) is 0 Å². The molecule has 0 spiro atoms. The lowest BCUT2D eigenvalue weighted by Gasteiger charge is -2.30. The van der Waals surface area contributed by atoms with Crippen LogP contribution in [0.2, 0.25) is 0 Å². The predicted molar refractivity (Wildman–Crippen MR) is 104 cm³/mol. The third-order valence-corrected chi connectivity index (χ3v) is 6.59. The van der Waals surface area contributed by atoms with Crippen molar-refractivity contribution in [3.8, 4) is 0 Å². The van der Waals surface area contributed by atoms with Gasteiger partial charge in [-0.15, -0.1) is 10.2 Å². The predicted octanol–water partition coefficient (Wildman–Crippen LogP) is 4.60. The number of carbonyl (C=O) groups excluding carboxylic acids is 1. The summed E-state index contributed by atoms with van der Waals surface area (Å²) >= 11 is 2.75. The lowest BCUT2D eigenvalue weighted by Crippen LogP contribution is -2.44. The first-order chi connectivity index (χ1) is 12.5. The average molecular weight is 395 g/mol. The van der Waals surface area contributed by atoms with Gasteiger partial charge in [0.1, 0.15) is 5.82 Å². The van der Waals surface area contributed by atoms with E-state index in [1.54, 1.807) is 12.1 Å². The molecule has 1 aromatic carbocycles. The van der Waals surface area contributed by atoms with Gasteiger partial charge in [0.05, 0.1) is 5.25 Å². The van der Waals surface area contributed by atoms with Gasteiger partial charge < -0.3 is 10.6 Å². The quantitative estimate of drug-likeness (QED) is 0.701. The highest BCUT2D eigenvalue weighted by Gasteiger charge is 2.25. The number of hydrogen-bond acceptors (Lipinski definition) is 6. The first kappa shape index (κ1) is 19.1. The lowest BCUT2D eigenvalue weighted by atomic mass is 9.86. The molecule has 0 unspecified atom stereocenters. The first-order valence-corrected chi connectivity index (χ1v) is 10.5. The van der Waals surface area contributed by atoms with Gasteiger partial charge in [0.2, 0.25) is 11.0 Å². The van der Waals surface area contributed by atoms with Crippen LogP contribution in [-0.2, 0) is 4.79 Å². The summed E-state index contributed by atoms with van der Waals surface area (Å²) in [6, 6.07) is 6.46. The number of halogens is 1. The van der Waals surface area contributed by atoms with Crippen molar-refractivity contribution in [3.05, 3.63) is 30.1 Å². The Labute approximate surface area is 161 Å². The molecule has 5 nitrogen and oxygen atoms in total. The van der Waals surface area contributed by atoms with Crippen LogP contribution in [0.4, 0.5) is 15.2 Å². The van der Waals surface area contributed by atoms with Crippen molar-refractivity contribution in [1.29, 1.82) is 0 Å². The van der Waals surface area contributed by atoms with E-state index in [4.69, 9.17) is 0 Å². The molecule has 2 N–H and O–H groups in total.